The highest BCUT2D eigenvalue weighted by Gasteiger charge is 2.28. The molecule has 10 heteroatoms. The Balaban J connectivity index is 1.15. The number of phenols is 1. The zero-order chi connectivity index (χ0) is 27.2. The van der Waals surface area contributed by atoms with E-state index >= 15 is 0 Å². The van der Waals surface area contributed by atoms with Crippen LogP contribution in [0.2, 0.25) is 0 Å². The van der Waals surface area contributed by atoms with E-state index < -0.39 is 11.7 Å². The fraction of sp³-hybridized carbons (Fsp3) is 0.552. The second-order valence-corrected chi connectivity index (χ2v) is 11.9. The van der Waals surface area contributed by atoms with Crippen LogP contribution in [-0.4, -0.2) is 57.7 Å². The minimum atomic E-state index is -0.580. The predicted octanol–water partition coefficient (Wildman–Crippen LogP) is 4.99. The highest BCUT2D eigenvalue weighted by molar-refractivity contribution is 7.99. The zero-order valence-electron chi connectivity index (χ0n) is 22.0. The number of thioether (sulfide) groups is 1. The minimum absolute atomic E-state index is 0.0209. The van der Waals surface area contributed by atoms with Gasteiger partial charge < -0.3 is 25.2 Å². The SMILES string of the molecule is O=C(N[C@H]1CC[C@@H](NC(=O)c2cc(F)cnc2OC2CCSCC2)CC1)c1ccc(O)cc1OC1CCCC1. The highest BCUT2D eigenvalue weighted by Crippen LogP contribution is 2.30. The number of halogens is 1. The average Bonchev–Trinajstić information content (AvgIpc) is 3.44. The summed E-state index contributed by atoms with van der Waals surface area (Å²) < 4.78 is 26.0. The molecule has 1 aliphatic heterocycles. The lowest BCUT2D eigenvalue weighted by Gasteiger charge is -2.30. The second kappa shape index (κ2) is 12.9. The van der Waals surface area contributed by atoms with Gasteiger partial charge in [0.2, 0.25) is 5.88 Å². The number of hydrogen-bond acceptors (Lipinski definition) is 7. The van der Waals surface area contributed by atoms with Crippen molar-refractivity contribution in [2.45, 2.75) is 88.5 Å². The van der Waals surface area contributed by atoms with Crippen molar-refractivity contribution in [3.8, 4) is 17.4 Å². The van der Waals surface area contributed by atoms with E-state index in [9.17, 15) is 19.1 Å². The predicted molar refractivity (Wildman–Crippen MR) is 147 cm³/mol. The van der Waals surface area contributed by atoms with Gasteiger partial charge in [0.1, 0.15) is 29.0 Å². The molecule has 1 aromatic heterocycles. The smallest absolute Gasteiger partial charge is 0.257 e. The van der Waals surface area contributed by atoms with Crippen molar-refractivity contribution in [1.29, 1.82) is 0 Å². The first-order valence-corrected chi connectivity index (χ1v) is 15.1. The number of carbonyl (C=O) groups excluding carboxylic acids is 2. The van der Waals surface area contributed by atoms with Crippen molar-refractivity contribution in [1.82, 2.24) is 15.6 Å². The molecule has 3 fully saturated rings. The summed E-state index contributed by atoms with van der Waals surface area (Å²) in [5, 5.41) is 16.0. The number of nitrogens with zero attached hydrogens (tertiary/aromatic N) is 1. The Morgan fingerprint density at radius 2 is 1.46 bits per heavy atom. The van der Waals surface area contributed by atoms with Crippen molar-refractivity contribution in [2.24, 2.45) is 0 Å². The van der Waals surface area contributed by atoms with Crippen LogP contribution in [0.5, 0.6) is 17.4 Å². The van der Waals surface area contributed by atoms with Crippen LogP contribution in [0.25, 0.3) is 0 Å². The van der Waals surface area contributed by atoms with Gasteiger partial charge in [-0.05, 0) is 93.9 Å². The third-order valence-corrected chi connectivity index (χ3v) is 8.76. The Labute approximate surface area is 232 Å². The number of ether oxygens (including phenoxy) is 2. The van der Waals surface area contributed by atoms with Gasteiger partial charge in [-0.25, -0.2) is 9.37 Å². The highest BCUT2D eigenvalue weighted by atomic mass is 32.2. The summed E-state index contributed by atoms with van der Waals surface area (Å²) in [6.45, 7) is 0. The topological polar surface area (TPSA) is 110 Å². The molecule has 5 rings (SSSR count). The molecule has 2 aromatic rings. The van der Waals surface area contributed by atoms with Crippen molar-refractivity contribution >= 4 is 23.6 Å². The first-order valence-electron chi connectivity index (χ1n) is 14.0. The third kappa shape index (κ3) is 7.35. The Morgan fingerprint density at radius 3 is 2.13 bits per heavy atom. The Morgan fingerprint density at radius 1 is 0.846 bits per heavy atom. The Bertz CT molecular complexity index is 1160. The van der Waals surface area contributed by atoms with Crippen molar-refractivity contribution < 1.29 is 28.6 Å². The molecule has 2 saturated carbocycles. The van der Waals surface area contributed by atoms with Gasteiger partial charge in [0.25, 0.3) is 11.8 Å². The Kier molecular flexibility index (Phi) is 9.11. The first-order chi connectivity index (χ1) is 18.9. The molecule has 0 spiro atoms. The van der Waals surface area contributed by atoms with Crippen LogP contribution in [0.1, 0.15) is 84.9 Å². The maximum atomic E-state index is 14.0. The second-order valence-electron chi connectivity index (χ2n) is 10.6. The van der Waals surface area contributed by atoms with Crippen LogP contribution in [-0.2, 0) is 0 Å². The first kappa shape index (κ1) is 27.6. The molecule has 2 amide bonds. The number of pyridine rings is 1. The summed E-state index contributed by atoms with van der Waals surface area (Å²) >= 11 is 1.87. The maximum Gasteiger partial charge on any atom is 0.257 e. The summed E-state index contributed by atoms with van der Waals surface area (Å²) in [5.74, 6) is 1.44. The van der Waals surface area contributed by atoms with Gasteiger partial charge in [-0.15, -0.1) is 0 Å². The van der Waals surface area contributed by atoms with Gasteiger partial charge in [-0.3, -0.25) is 9.59 Å². The number of amides is 2. The number of aromatic hydroxyl groups is 1. The molecule has 8 nitrogen and oxygen atoms in total. The molecule has 1 saturated heterocycles. The lowest BCUT2D eigenvalue weighted by atomic mass is 9.90. The number of hydrogen-bond donors (Lipinski definition) is 3. The fourth-order valence-electron chi connectivity index (χ4n) is 5.53. The van der Waals surface area contributed by atoms with Crippen LogP contribution >= 0.6 is 11.8 Å². The molecule has 2 heterocycles. The molecule has 0 unspecified atom stereocenters. The van der Waals surface area contributed by atoms with Gasteiger partial charge in [-0.1, -0.05) is 0 Å². The summed E-state index contributed by atoms with van der Waals surface area (Å²) in [4.78, 5) is 30.2. The largest absolute Gasteiger partial charge is 0.508 e. The molecule has 0 atom stereocenters. The molecular formula is C29H36FN3O5S. The molecule has 3 aliphatic rings. The van der Waals surface area contributed by atoms with Crippen LogP contribution in [0, 0.1) is 5.82 Å². The number of phenolic OH excluding ortho intramolecular Hbond substituents is 1. The van der Waals surface area contributed by atoms with E-state index in [0.29, 0.717) is 37.0 Å². The van der Waals surface area contributed by atoms with Crippen molar-refractivity contribution in [2.75, 3.05) is 11.5 Å². The van der Waals surface area contributed by atoms with Gasteiger partial charge in [0, 0.05) is 18.2 Å². The van der Waals surface area contributed by atoms with Gasteiger partial charge in [-0.2, -0.15) is 11.8 Å². The zero-order valence-corrected chi connectivity index (χ0v) is 22.8. The van der Waals surface area contributed by atoms with Crippen LogP contribution in [0.15, 0.2) is 30.5 Å². The normalized spacial score (nSPS) is 22.3. The summed E-state index contributed by atoms with van der Waals surface area (Å²) in [6.07, 6.45) is 9.72. The van der Waals surface area contributed by atoms with E-state index in [1.807, 2.05) is 11.8 Å². The van der Waals surface area contributed by atoms with Gasteiger partial charge in [0.15, 0.2) is 0 Å². The Hall–Kier alpha value is -3.01. The lowest BCUT2D eigenvalue weighted by molar-refractivity contribution is 0.0882. The molecule has 39 heavy (non-hydrogen) atoms. The maximum absolute atomic E-state index is 14.0. The fourth-order valence-corrected chi connectivity index (χ4v) is 6.59. The minimum Gasteiger partial charge on any atom is -0.508 e. The molecule has 0 radical (unpaired) electrons. The van der Waals surface area contributed by atoms with Crippen LogP contribution in [0.3, 0.4) is 0 Å². The van der Waals surface area contributed by atoms with E-state index in [4.69, 9.17) is 9.47 Å². The molecule has 210 valence electrons. The number of aromatic nitrogens is 1. The van der Waals surface area contributed by atoms with Gasteiger partial charge in [0.05, 0.1) is 17.9 Å². The van der Waals surface area contributed by atoms with Crippen LogP contribution < -0.4 is 20.1 Å². The number of carbonyl (C=O) groups is 2. The van der Waals surface area contributed by atoms with Gasteiger partial charge >= 0.3 is 0 Å². The monoisotopic (exact) mass is 557 g/mol. The van der Waals surface area contributed by atoms with E-state index in [2.05, 4.69) is 15.6 Å². The quantitative estimate of drug-likeness (QED) is 0.419. The third-order valence-electron chi connectivity index (χ3n) is 7.71. The average molecular weight is 558 g/mol. The van der Waals surface area contributed by atoms with E-state index in [1.165, 1.54) is 18.2 Å². The van der Waals surface area contributed by atoms with E-state index in [0.717, 1.165) is 56.2 Å². The summed E-state index contributed by atoms with van der Waals surface area (Å²) in [6, 6.07) is 5.64. The number of benzene rings is 1. The van der Waals surface area contributed by atoms with Crippen molar-refractivity contribution in [3.63, 3.8) is 0 Å². The summed E-state index contributed by atoms with van der Waals surface area (Å²) in [5.41, 5.74) is 0.531. The summed E-state index contributed by atoms with van der Waals surface area (Å²) in [7, 11) is 0. The van der Waals surface area contributed by atoms with Crippen molar-refractivity contribution in [3.05, 3.63) is 47.4 Å². The molecule has 3 N–H and O–H groups in total. The molecule has 0 bridgehead atoms. The standard InChI is InChI=1S/C29H36FN3O5S/c30-18-15-25(29(31-17-18)38-23-11-13-39-14-12-23)28(36)33-20-7-5-19(6-8-20)32-27(35)24-10-9-21(34)16-26(24)37-22-3-1-2-4-22/h9-10,15-17,19-20,22-23,34H,1-8,11-14H2,(H,32,35)(H,33,36)/t19-,20+. The number of rotatable bonds is 8. The lowest BCUT2D eigenvalue weighted by Crippen LogP contribution is -2.44. The number of nitrogens with one attached hydrogen (secondary N) is 2. The van der Waals surface area contributed by atoms with Crippen LogP contribution in [0.4, 0.5) is 4.39 Å². The molecule has 2 aliphatic carbocycles. The molecular weight excluding hydrogens is 521 g/mol. The molecule has 1 aromatic carbocycles. The van der Waals surface area contributed by atoms with E-state index in [1.54, 1.807) is 6.07 Å². The van der Waals surface area contributed by atoms with E-state index in [-0.39, 0.29) is 47.4 Å².